The fraction of sp³-hybridized carbons (Fsp3) is 0.143. The van der Waals surface area contributed by atoms with Crippen molar-refractivity contribution in [2.45, 2.75) is 11.8 Å². The number of hydrogen-bond acceptors (Lipinski definition) is 7. The molecule has 0 aliphatic rings. The maximum absolute atomic E-state index is 12.7. The number of rotatable bonds is 6. The first-order chi connectivity index (χ1) is 14.9. The minimum Gasteiger partial charge on any atom is -0.431 e. The molecule has 0 aliphatic heterocycles. The molecule has 0 spiro atoms. The highest BCUT2D eigenvalue weighted by molar-refractivity contribution is 7.99. The number of oxazole rings is 1. The number of para-hydroxylation sites is 2. The van der Waals surface area contributed by atoms with Gasteiger partial charge in [-0.1, -0.05) is 54.2 Å². The topological polar surface area (TPSA) is 127 Å². The van der Waals surface area contributed by atoms with E-state index < -0.39 is 17.2 Å². The zero-order valence-electron chi connectivity index (χ0n) is 16.6. The van der Waals surface area contributed by atoms with E-state index in [1.807, 2.05) is 48.5 Å². The minimum absolute atomic E-state index is 0.0278. The van der Waals surface area contributed by atoms with Crippen LogP contribution in [0.3, 0.4) is 0 Å². The lowest BCUT2D eigenvalue weighted by atomic mass is 10.2. The Hall–Kier alpha value is -3.79. The Labute approximate surface area is 180 Å². The molecular weight excluding hydrogens is 418 g/mol. The van der Waals surface area contributed by atoms with Gasteiger partial charge in [0.2, 0.25) is 5.91 Å². The molecule has 4 aromatic rings. The smallest absolute Gasteiger partial charge is 0.330 e. The van der Waals surface area contributed by atoms with Crippen LogP contribution in [0.4, 0.5) is 11.5 Å². The summed E-state index contributed by atoms with van der Waals surface area (Å²) < 4.78 is 6.82. The lowest BCUT2D eigenvalue weighted by Crippen LogP contribution is -2.40. The molecule has 2 aromatic carbocycles. The number of benzene rings is 2. The molecule has 0 aliphatic carbocycles. The molecule has 158 valence electrons. The second kappa shape index (κ2) is 8.52. The van der Waals surface area contributed by atoms with Crippen LogP contribution in [-0.2, 0) is 11.3 Å². The van der Waals surface area contributed by atoms with Gasteiger partial charge in [-0.25, -0.2) is 9.78 Å². The van der Waals surface area contributed by atoms with Gasteiger partial charge in [0.15, 0.2) is 11.3 Å². The van der Waals surface area contributed by atoms with Crippen LogP contribution in [-0.4, -0.2) is 33.2 Å². The van der Waals surface area contributed by atoms with Crippen molar-refractivity contribution in [1.82, 2.24) is 14.5 Å². The highest BCUT2D eigenvalue weighted by Crippen LogP contribution is 2.24. The molecule has 2 aromatic heterocycles. The number of carbonyl (C=O) groups excluding carboxylic acids is 1. The van der Waals surface area contributed by atoms with Gasteiger partial charge in [-0.2, -0.15) is 0 Å². The molecular formula is C21H19N5O4S. The summed E-state index contributed by atoms with van der Waals surface area (Å²) in [6, 6.07) is 16.5. The minimum atomic E-state index is -0.727. The van der Waals surface area contributed by atoms with Crippen molar-refractivity contribution in [3.8, 4) is 0 Å². The summed E-state index contributed by atoms with van der Waals surface area (Å²) in [5.74, 6) is -0.505. The summed E-state index contributed by atoms with van der Waals surface area (Å²) in [5.41, 5.74) is 6.83. The molecule has 0 bridgehead atoms. The van der Waals surface area contributed by atoms with Gasteiger partial charge in [0.1, 0.15) is 11.3 Å². The largest absolute Gasteiger partial charge is 0.431 e. The van der Waals surface area contributed by atoms with E-state index in [1.54, 1.807) is 6.07 Å². The van der Waals surface area contributed by atoms with E-state index in [0.717, 1.165) is 22.2 Å². The second-order valence-corrected chi connectivity index (χ2v) is 7.68. The summed E-state index contributed by atoms with van der Waals surface area (Å²) >= 11 is 1.11. The molecule has 1 amide bonds. The van der Waals surface area contributed by atoms with Crippen LogP contribution in [0.15, 0.2) is 73.8 Å². The lowest BCUT2D eigenvalue weighted by Gasteiger charge is -2.20. The fourth-order valence-electron chi connectivity index (χ4n) is 3.08. The summed E-state index contributed by atoms with van der Waals surface area (Å²) in [4.78, 5) is 45.2. The number of carbonyl (C=O) groups is 1. The fourth-order valence-corrected chi connectivity index (χ4v) is 3.83. The Morgan fingerprint density at radius 3 is 2.61 bits per heavy atom. The van der Waals surface area contributed by atoms with Gasteiger partial charge in [-0.3, -0.25) is 19.1 Å². The molecule has 3 N–H and O–H groups in total. The first-order valence-corrected chi connectivity index (χ1v) is 10.3. The Morgan fingerprint density at radius 1 is 1.16 bits per heavy atom. The highest BCUT2D eigenvalue weighted by Gasteiger charge is 2.22. The van der Waals surface area contributed by atoms with Crippen molar-refractivity contribution < 1.29 is 9.21 Å². The number of amides is 1. The van der Waals surface area contributed by atoms with E-state index in [2.05, 4.69) is 9.97 Å². The van der Waals surface area contributed by atoms with E-state index in [1.165, 1.54) is 11.6 Å². The molecule has 0 unspecified atom stereocenters. The average Bonchev–Trinajstić information content (AvgIpc) is 3.18. The Kier molecular flexibility index (Phi) is 5.63. The number of hydrogen-bond donors (Lipinski definition) is 2. The van der Waals surface area contributed by atoms with Gasteiger partial charge in [0.05, 0.1) is 12.3 Å². The number of nitrogens with two attached hydrogens (primary N) is 1. The first-order valence-electron chi connectivity index (χ1n) is 9.35. The molecule has 0 saturated heterocycles. The molecule has 9 nitrogen and oxygen atoms in total. The van der Waals surface area contributed by atoms with Crippen LogP contribution in [0.5, 0.6) is 0 Å². The number of thioether (sulfide) groups is 1. The van der Waals surface area contributed by atoms with E-state index in [-0.39, 0.29) is 23.8 Å². The predicted octanol–water partition coefficient (Wildman–Crippen LogP) is 2.06. The third kappa shape index (κ3) is 4.24. The number of aromatic nitrogens is 3. The lowest BCUT2D eigenvalue weighted by molar-refractivity contribution is -0.115. The number of nitrogens with one attached hydrogen (secondary N) is 1. The van der Waals surface area contributed by atoms with Crippen LogP contribution in [0.1, 0.15) is 5.56 Å². The predicted molar refractivity (Wildman–Crippen MR) is 119 cm³/mol. The molecule has 0 radical (unpaired) electrons. The molecule has 0 fully saturated rings. The molecule has 10 heteroatoms. The van der Waals surface area contributed by atoms with Gasteiger partial charge in [-0.05, 0) is 17.7 Å². The maximum atomic E-state index is 12.7. The second-order valence-electron chi connectivity index (χ2n) is 6.75. The van der Waals surface area contributed by atoms with E-state index >= 15 is 0 Å². The van der Waals surface area contributed by atoms with E-state index in [0.29, 0.717) is 16.3 Å². The molecule has 31 heavy (non-hydrogen) atoms. The van der Waals surface area contributed by atoms with Gasteiger partial charge in [-0.15, -0.1) is 0 Å². The van der Waals surface area contributed by atoms with Gasteiger partial charge >= 0.3 is 5.69 Å². The van der Waals surface area contributed by atoms with Gasteiger partial charge < -0.3 is 15.1 Å². The van der Waals surface area contributed by atoms with Crippen molar-refractivity contribution in [1.29, 1.82) is 0 Å². The van der Waals surface area contributed by atoms with Crippen LogP contribution in [0.2, 0.25) is 0 Å². The highest BCUT2D eigenvalue weighted by atomic mass is 32.2. The zero-order chi connectivity index (χ0) is 22.0. The molecule has 0 saturated carbocycles. The molecule has 0 atom stereocenters. The first kappa shape index (κ1) is 20.5. The monoisotopic (exact) mass is 437 g/mol. The Morgan fingerprint density at radius 2 is 1.87 bits per heavy atom. The number of anilines is 2. The van der Waals surface area contributed by atoms with E-state index in [4.69, 9.17) is 10.2 Å². The van der Waals surface area contributed by atoms with Crippen molar-refractivity contribution in [2.24, 2.45) is 0 Å². The number of nitrogens with zero attached hydrogens (tertiary/aromatic N) is 3. The van der Waals surface area contributed by atoms with Crippen LogP contribution < -0.4 is 21.9 Å². The quantitative estimate of drug-likeness (QED) is 0.442. The number of nitrogen functional groups attached to an aromatic ring is 1. The number of aromatic amines is 1. The molecule has 2 heterocycles. The van der Waals surface area contributed by atoms with Crippen LogP contribution in [0.25, 0.3) is 11.1 Å². The Bertz CT molecular complexity index is 1330. The average molecular weight is 437 g/mol. The van der Waals surface area contributed by atoms with Crippen LogP contribution in [0, 0.1) is 0 Å². The number of H-pyrrole nitrogens is 1. The van der Waals surface area contributed by atoms with Crippen molar-refractivity contribution >= 4 is 40.3 Å². The normalized spacial score (nSPS) is 11.0. The zero-order valence-corrected chi connectivity index (χ0v) is 17.4. The van der Waals surface area contributed by atoms with Crippen molar-refractivity contribution in [2.75, 3.05) is 23.4 Å². The summed E-state index contributed by atoms with van der Waals surface area (Å²) in [5, 5.41) is 0.346. The maximum Gasteiger partial charge on any atom is 0.330 e. The van der Waals surface area contributed by atoms with Crippen molar-refractivity contribution in [3.63, 3.8) is 0 Å². The summed E-state index contributed by atoms with van der Waals surface area (Å²) in [6.07, 6.45) is 0. The van der Waals surface area contributed by atoms with Gasteiger partial charge in [0.25, 0.3) is 10.8 Å². The van der Waals surface area contributed by atoms with E-state index in [9.17, 15) is 14.4 Å². The van der Waals surface area contributed by atoms with Gasteiger partial charge in [0, 0.05) is 7.05 Å². The number of fused-ring (bicyclic) bond motifs is 1. The van der Waals surface area contributed by atoms with Crippen molar-refractivity contribution in [3.05, 3.63) is 81.0 Å². The SMILES string of the molecule is CN(C(=O)CSc1nc2ccccc2o1)c1c(N)n(Cc2ccccc2)c(=O)[nH]c1=O. The third-order valence-electron chi connectivity index (χ3n) is 4.70. The standard InChI is InChI=1S/C21H19N5O4S/c1-25(16(27)12-31-21-23-14-9-5-6-10-15(14)30-21)17-18(22)26(20(29)24-19(17)28)11-13-7-3-2-4-8-13/h2-10H,11-12,22H2,1H3,(H,24,28,29). The van der Waals surface area contributed by atoms with Crippen LogP contribution >= 0.6 is 11.8 Å². The molecule has 4 rings (SSSR count). The Balaban J connectivity index is 1.56. The summed E-state index contributed by atoms with van der Waals surface area (Å²) in [7, 11) is 1.44. The summed E-state index contributed by atoms with van der Waals surface area (Å²) in [6.45, 7) is 0.162. The third-order valence-corrected chi connectivity index (χ3v) is 5.51.